The van der Waals surface area contributed by atoms with Crippen LogP contribution in [0.4, 0.5) is 0 Å². The molecule has 0 spiro atoms. The van der Waals surface area contributed by atoms with E-state index in [4.69, 9.17) is 0 Å². The standard InChI is InChI=1S/C3H3NS/c1-4-2-3-5/h1-3H/p+1/b3-2+. The fourth-order valence-corrected chi connectivity index (χ4v) is 0.115. The fourth-order valence-electron chi connectivity index (χ4n) is 0.0385. The molecule has 0 heterocycles. The molecule has 0 aliphatic rings. The molecule has 0 aromatic heterocycles. The first-order valence-electron chi connectivity index (χ1n) is 1.11. The van der Waals surface area contributed by atoms with Crippen LogP contribution in [0.3, 0.4) is 0 Å². The van der Waals surface area contributed by atoms with Crippen LogP contribution in [0.15, 0.2) is 11.6 Å². The molecule has 0 amide bonds. The zero-order valence-corrected chi connectivity index (χ0v) is 3.52. The van der Waals surface area contributed by atoms with Crippen LogP contribution in [0.25, 0.3) is 4.85 Å². The van der Waals surface area contributed by atoms with Gasteiger partial charge in [-0.1, -0.05) is 0 Å². The Morgan fingerprint density at radius 1 is 1.80 bits per heavy atom. The first-order valence-corrected chi connectivity index (χ1v) is 1.62. The van der Waals surface area contributed by atoms with Crippen molar-refractivity contribution in [3.63, 3.8) is 0 Å². The van der Waals surface area contributed by atoms with Crippen LogP contribution in [-0.2, 0) is 0 Å². The van der Waals surface area contributed by atoms with Gasteiger partial charge in [0, 0.05) is 0 Å². The minimum Gasteiger partial charge on any atom is -0.144 e. The van der Waals surface area contributed by atoms with Crippen molar-refractivity contribution < 1.29 is 0 Å². The maximum absolute atomic E-state index is 4.63. The van der Waals surface area contributed by atoms with Crippen molar-refractivity contribution in [3.8, 4) is 6.57 Å². The van der Waals surface area contributed by atoms with Gasteiger partial charge >= 0.3 is 6.20 Å². The Kier molecular flexibility index (Phi) is 3.28. The third-order valence-electron chi connectivity index (χ3n) is 0.153. The Hall–Kier alpha value is -0.420. The topological polar surface area (TPSA) is 4.36 Å². The van der Waals surface area contributed by atoms with E-state index in [9.17, 15) is 0 Å². The van der Waals surface area contributed by atoms with E-state index in [0.29, 0.717) is 0 Å². The number of rotatable bonds is 0. The zero-order chi connectivity index (χ0) is 4.12. The highest BCUT2D eigenvalue weighted by molar-refractivity contribution is 7.83. The van der Waals surface area contributed by atoms with Crippen LogP contribution in [0.1, 0.15) is 0 Å². The summed E-state index contributed by atoms with van der Waals surface area (Å²) in [6.45, 7) is 4.63. The molecule has 0 aliphatic carbocycles. The van der Waals surface area contributed by atoms with Gasteiger partial charge in [0.25, 0.3) is 6.57 Å². The lowest BCUT2D eigenvalue weighted by molar-refractivity contribution is 2.13. The first-order chi connectivity index (χ1) is 2.41. The molecule has 0 bridgehead atoms. The number of hydrogen-bond acceptors (Lipinski definition) is 1. The molecular formula is C3H4NS+. The number of nitrogens with zero attached hydrogens (tertiary/aromatic N) is 1. The summed E-state index contributed by atoms with van der Waals surface area (Å²) in [6.07, 6.45) is 1.39. The molecule has 0 rings (SSSR count). The number of thiol groups is 1. The van der Waals surface area contributed by atoms with Crippen LogP contribution in [0.5, 0.6) is 0 Å². The maximum atomic E-state index is 4.63. The smallest absolute Gasteiger partial charge is 0.144 e. The van der Waals surface area contributed by atoms with Crippen molar-refractivity contribution in [1.82, 2.24) is 0 Å². The van der Waals surface area contributed by atoms with E-state index < -0.39 is 0 Å². The highest BCUT2D eigenvalue weighted by atomic mass is 32.1. The molecule has 5 heavy (non-hydrogen) atoms. The predicted molar refractivity (Wildman–Crippen MR) is 26.4 cm³/mol. The zero-order valence-electron chi connectivity index (χ0n) is 2.63. The van der Waals surface area contributed by atoms with Gasteiger partial charge in [-0.05, 0) is 4.85 Å². The van der Waals surface area contributed by atoms with Crippen molar-refractivity contribution in [3.05, 3.63) is 16.5 Å². The molecule has 0 atom stereocenters. The molecule has 0 saturated heterocycles. The number of hydrogen-bond donors (Lipinski definition) is 1. The normalized spacial score (nSPS) is 8.00. The Morgan fingerprint density at radius 3 is 2.40 bits per heavy atom. The third-order valence-corrected chi connectivity index (χ3v) is 0.286. The van der Waals surface area contributed by atoms with Gasteiger partial charge in [0.15, 0.2) is 0 Å². The lowest BCUT2D eigenvalue weighted by Gasteiger charge is -1.38. The summed E-state index contributed by atoms with van der Waals surface area (Å²) in [5.41, 5.74) is 0. The van der Waals surface area contributed by atoms with Gasteiger partial charge in [-0.3, -0.25) is 0 Å². The van der Waals surface area contributed by atoms with E-state index in [1.54, 1.807) is 0 Å². The summed E-state index contributed by atoms with van der Waals surface area (Å²) in [5.74, 6) is 0. The Labute approximate surface area is 36.5 Å². The van der Waals surface area contributed by atoms with E-state index in [1.807, 2.05) is 0 Å². The minimum atomic E-state index is 1.39. The lowest BCUT2D eigenvalue weighted by Crippen LogP contribution is -1.23. The van der Waals surface area contributed by atoms with Crippen molar-refractivity contribution in [1.29, 1.82) is 0 Å². The Morgan fingerprint density at radius 2 is 2.40 bits per heavy atom. The maximum Gasteiger partial charge on any atom is 0.311 e. The summed E-state index contributed by atoms with van der Waals surface area (Å²) < 4.78 is 0. The van der Waals surface area contributed by atoms with Gasteiger partial charge in [0.05, 0.1) is 5.41 Å². The van der Waals surface area contributed by atoms with E-state index in [-0.39, 0.29) is 0 Å². The molecule has 0 N–H and O–H groups in total. The van der Waals surface area contributed by atoms with Crippen LogP contribution >= 0.6 is 12.6 Å². The van der Waals surface area contributed by atoms with Crippen molar-refractivity contribution >= 4 is 12.6 Å². The highest BCUT2D eigenvalue weighted by Gasteiger charge is 1.58. The summed E-state index contributed by atoms with van der Waals surface area (Å²) in [7, 11) is 0. The van der Waals surface area contributed by atoms with Crippen LogP contribution in [0.2, 0.25) is 0 Å². The van der Waals surface area contributed by atoms with E-state index in [0.717, 1.165) is 0 Å². The molecule has 0 saturated carbocycles. The highest BCUT2D eigenvalue weighted by Crippen LogP contribution is 1.73. The summed E-state index contributed by atoms with van der Waals surface area (Å²) in [6, 6.07) is 0. The minimum absolute atomic E-state index is 1.39. The largest absolute Gasteiger partial charge is 0.311 e. The average molecular weight is 86.1 g/mol. The van der Waals surface area contributed by atoms with Crippen molar-refractivity contribution in [2.45, 2.75) is 0 Å². The van der Waals surface area contributed by atoms with Crippen molar-refractivity contribution in [2.75, 3.05) is 0 Å². The first kappa shape index (κ1) is 4.58. The summed E-state index contributed by atoms with van der Waals surface area (Å²) in [4.78, 5) is 3.10. The second-order valence-corrected chi connectivity index (χ2v) is 0.745. The monoisotopic (exact) mass is 86.0 g/mol. The second-order valence-electron chi connectivity index (χ2n) is 0.447. The summed E-state index contributed by atoms with van der Waals surface area (Å²) >= 11 is 3.65. The molecular weight excluding hydrogens is 82.1 g/mol. The second kappa shape index (κ2) is 3.58. The summed E-state index contributed by atoms with van der Waals surface area (Å²) in [5, 5.41) is 1.46. The predicted octanol–water partition coefficient (Wildman–Crippen LogP) is 1.35. The molecule has 0 unspecified atom stereocenters. The van der Waals surface area contributed by atoms with E-state index in [1.165, 1.54) is 11.6 Å². The SMILES string of the molecule is C#[N+]/C=C/S. The lowest BCUT2D eigenvalue weighted by atomic mass is 11.1. The molecule has 1 nitrogen and oxygen atoms in total. The quantitative estimate of drug-likeness (QED) is 0.424. The van der Waals surface area contributed by atoms with E-state index >= 15 is 0 Å². The fraction of sp³-hybridized carbons (Fsp3) is 0. The molecule has 0 aromatic carbocycles. The third kappa shape index (κ3) is 3.58. The van der Waals surface area contributed by atoms with E-state index in [2.05, 4.69) is 24.0 Å². The van der Waals surface area contributed by atoms with Crippen LogP contribution < -0.4 is 0 Å². The van der Waals surface area contributed by atoms with Crippen molar-refractivity contribution in [2.24, 2.45) is 0 Å². The molecule has 0 aromatic rings. The van der Waals surface area contributed by atoms with Gasteiger partial charge in [0.2, 0.25) is 0 Å². The molecule has 2 heteroatoms. The molecule has 26 valence electrons. The van der Waals surface area contributed by atoms with Gasteiger partial charge in [-0.25, -0.2) is 0 Å². The molecule has 0 aliphatic heterocycles. The van der Waals surface area contributed by atoms with Crippen LogP contribution in [-0.4, -0.2) is 0 Å². The Balaban J connectivity index is 3.04. The molecule has 0 radical (unpaired) electrons. The Bertz CT molecular complexity index is 69.5. The molecule has 0 fully saturated rings. The van der Waals surface area contributed by atoms with Gasteiger partial charge < -0.3 is 0 Å². The average Bonchev–Trinajstić information content (AvgIpc) is 1.41. The van der Waals surface area contributed by atoms with Gasteiger partial charge in [0.1, 0.15) is 0 Å². The van der Waals surface area contributed by atoms with Gasteiger partial charge in [-0.15, -0.1) is 12.6 Å². The van der Waals surface area contributed by atoms with Crippen LogP contribution in [0, 0.1) is 6.57 Å². The van der Waals surface area contributed by atoms with Gasteiger partial charge in [-0.2, -0.15) is 0 Å².